The zero-order valence-electron chi connectivity index (χ0n) is 13.4. The predicted molar refractivity (Wildman–Crippen MR) is 85.1 cm³/mol. The highest BCUT2D eigenvalue weighted by atomic mass is 16.5. The molecule has 1 aliphatic heterocycles. The lowest BCUT2D eigenvalue weighted by molar-refractivity contribution is -0.126. The van der Waals surface area contributed by atoms with E-state index in [0.717, 1.165) is 32.5 Å². The summed E-state index contributed by atoms with van der Waals surface area (Å²) in [5, 5.41) is 0. The summed E-state index contributed by atoms with van der Waals surface area (Å²) in [6.45, 7) is 8.50. The van der Waals surface area contributed by atoms with Crippen LogP contribution < -0.4 is 11.3 Å². The second kappa shape index (κ2) is 7.36. The van der Waals surface area contributed by atoms with Gasteiger partial charge in [-0.1, -0.05) is 23.8 Å². The summed E-state index contributed by atoms with van der Waals surface area (Å²) in [6.07, 6.45) is 2.66. The predicted octanol–water partition coefficient (Wildman–Crippen LogP) is 2.26. The minimum atomic E-state index is -0.224. The summed E-state index contributed by atoms with van der Waals surface area (Å²) in [5.74, 6) is 5.88. The Morgan fingerprint density at radius 2 is 2.05 bits per heavy atom. The van der Waals surface area contributed by atoms with Crippen molar-refractivity contribution in [2.75, 3.05) is 19.8 Å². The Balaban J connectivity index is 2.22. The van der Waals surface area contributed by atoms with Crippen molar-refractivity contribution in [2.24, 2.45) is 5.84 Å². The number of ether oxygens (including phenoxy) is 2. The maximum absolute atomic E-state index is 6.14. The molecule has 4 heteroatoms. The van der Waals surface area contributed by atoms with Crippen molar-refractivity contribution in [3.63, 3.8) is 0 Å². The number of benzene rings is 1. The quantitative estimate of drug-likeness (QED) is 0.624. The first kappa shape index (κ1) is 16.4. The maximum Gasteiger partial charge on any atom is 0.0895 e. The molecule has 0 bridgehead atoms. The van der Waals surface area contributed by atoms with Gasteiger partial charge in [0.2, 0.25) is 0 Å². The van der Waals surface area contributed by atoms with Gasteiger partial charge in [-0.05, 0) is 38.3 Å². The SMILES string of the molecule is CCOC1(C(Cc2cc(C)ccc2C)NN)CCOCC1. The summed E-state index contributed by atoms with van der Waals surface area (Å²) in [6, 6.07) is 6.67. The molecule has 2 rings (SSSR count). The second-order valence-corrected chi connectivity index (χ2v) is 5.96. The van der Waals surface area contributed by atoms with Crippen LogP contribution in [0.3, 0.4) is 0 Å². The minimum Gasteiger partial charge on any atom is -0.381 e. The third-order valence-corrected chi connectivity index (χ3v) is 4.54. The van der Waals surface area contributed by atoms with E-state index in [1.165, 1.54) is 16.7 Å². The smallest absolute Gasteiger partial charge is 0.0895 e. The Bertz CT molecular complexity index is 451. The van der Waals surface area contributed by atoms with E-state index < -0.39 is 0 Å². The second-order valence-electron chi connectivity index (χ2n) is 5.96. The van der Waals surface area contributed by atoms with Gasteiger partial charge < -0.3 is 9.47 Å². The third-order valence-electron chi connectivity index (χ3n) is 4.54. The van der Waals surface area contributed by atoms with Crippen molar-refractivity contribution in [2.45, 2.75) is 51.7 Å². The van der Waals surface area contributed by atoms with Gasteiger partial charge in [0.15, 0.2) is 0 Å². The molecule has 0 aliphatic carbocycles. The average Bonchev–Trinajstić information content (AvgIpc) is 2.49. The monoisotopic (exact) mass is 292 g/mol. The Kier molecular flexibility index (Phi) is 5.76. The molecule has 0 saturated carbocycles. The number of hydrogen-bond acceptors (Lipinski definition) is 4. The van der Waals surface area contributed by atoms with E-state index >= 15 is 0 Å². The molecule has 0 spiro atoms. The van der Waals surface area contributed by atoms with E-state index in [1.807, 2.05) is 6.92 Å². The molecule has 1 saturated heterocycles. The lowest BCUT2D eigenvalue weighted by atomic mass is 9.82. The van der Waals surface area contributed by atoms with Gasteiger partial charge in [-0.2, -0.15) is 0 Å². The highest BCUT2D eigenvalue weighted by molar-refractivity contribution is 5.31. The van der Waals surface area contributed by atoms with Crippen LogP contribution in [0, 0.1) is 13.8 Å². The highest BCUT2D eigenvalue weighted by Gasteiger charge is 2.40. The normalized spacial score (nSPS) is 19.4. The minimum absolute atomic E-state index is 0.0989. The molecule has 3 N–H and O–H groups in total. The van der Waals surface area contributed by atoms with Crippen LogP contribution in [0.5, 0.6) is 0 Å². The summed E-state index contributed by atoms with van der Waals surface area (Å²) >= 11 is 0. The highest BCUT2D eigenvalue weighted by Crippen LogP contribution is 2.31. The van der Waals surface area contributed by atoms with Gasteiger partial charge in [0, 0.05) is 32.7 Å². The van der Waals surface area contributed by atoms with Gasteiger partial charge in [0.05, 0.1) is 11.6 Å². The molecule has 1 aromatic carbocycles. The summed E-state index contributed by atoms with van der Waals surface area (Å²) in [7, 11) is 0. The van der Waals surface area contributed by atoms with Crippen LogP contribution in [0.4, 0.5) is 0 Å². The molecule has 1 aromatic rings. The van der Waals surface area contributed by atoms with Crippen LogP contribution in [0.2, 0.25) is 0 Å². The van der Waals surface area contributed by atoms with Crippen LogP contribution in [0.1, 0.15) is 36.5 Å². The lowest BCUT2D eigenvalue weighted by Gasteiger charge is -2.43. The van der Waals surface area contributed by atoms with E-state index in [-0.39, 0.29) is 11.6 Å². The fraction of sp³-hybridized carbons (Fsp3) is 0.647. The summed E-state index contributed by atoms with van der Waals surface area (Å²) < 4.78 is 11.7. The molecule has 4 nitrogen and oxygen atoms in total. The number of nitrogens with two attached hydrogens (primary N) is 1. The zero-order chi connectivity index (χ0) is 15.3. The van der Waals surface area contributed by atoms with Crippen LogP contribution in [0.25, 0.3) is 0 Å². The van der Waals surface area contributed by atoms with Crippen LogP contribution in [-0.2, 0) is 15.9 Å². The molecule has 0 amide bonds. The molecule has 0 aromatic heterocycles. The van der Waals surface area contributed by atoms with Crippen LogP contribution in [-0.4, -0.2) is 31.5 Å². The van der Waals surface area contributed by atoms with Crippen molar-refractivity contribution in [3.05, 3.63) is 34.9 Å². The zero-order valence-corrected chi connectivity index (χ0v) is 13.4. The van der Waals surface area contributed by atoms with Crippen molar-refractivity contribution < 1.29 is 9.47 Å². The molecule has 1 aliphatic rings. The van der Waals surface area contributed by atoms with E-state index in [1.54, 1.807) is 0 Å². The molecular weight excluding hydrogens is 264 g/mol. The standard InChI is InChI=1S/C17H28N2O2/c1-4-21-17(7-9-20-10-8-17)16(19-18)12-15-11-13(2)5-6-14(15)3/h5-6,11,16,19H,4,7-10,12,18H2,1-3H3. The number of aryl methyl sites for hydroxylation is 2. The van der Waals surface area contributed by atoms with Gasteiger partial charge in [0.1, 0.15) is 0 Å². The van der Waals surface area contributed by atoms with E-state index in [0.29, 0.717) is 6.61 Å². The van der Waals surface area contributed by atoms with Gasteiger partial charge >= 0.3 is 0 Å². The van der Waals surface area contributed by atoms with Gasteiger partial charge in [-0.3, -0.25) is 11.3 Å². The van der Waals surface area contributed by atoms with Crippen molar-refractivity contribution in [3.8, 4) is 0 Å². The number of hydrazine groups is 1. The van der Waals surface area contributed by atoms with E-state index in [2.05, 4.69) is 37.5 Å². The Hall–Kier alpha value is -0.940. The third kappa shape index (κ3) is 3.83. The topological polar surface area (TPSA) is 56.5 Å². The maximum atomic E-state index is 6.14. The van der Waals surface area contributed by atoms with Gasteiger partial charge in [0.25, 0.3) is 0 Å². The summed E-state index contributed by atoms with van der Waals surface area (Å²) in [4.78, 5) is 0. The molecule has 1 fully saturated rings. The van der Waals surface area contributed by atoms with Gasteiger partial charge in [-0.15, -0.1) is 0 Å². The van der Waals surface area contributed by atoms with Crippen LogP contribution in [0.15, 0.2) is 18.2 Å². The largest absolute Gasteiger partial charge is 0.381 e. The molecule has 0 radical (unpaired) electrons. The lowest BCUT2D eigenvalue weighted by Crippen LogP contribution is -2.58. The number of rotatable bonds is 6. The van der Waals surface area contributed by atoms with E-state index in [4.69, 9.17) is 15.3 Å². The van der Waals surface area contributed by atoms with E-state index in [9.17, 15) is 0 Å². The van der Waals surface area contributed by atoms with Crippen LogP contribution >= 0.6 is 0 Å². The van der Waals surface area contributed by atoms with Crippen molar-refractivity contribution in [1.29, 1.82) is 0 Å². The van der Waals surface area contributed by atoms with Gasteiger partial charge in [-0.25, -0.2) is 0 Å². The first-order valence-corrected chi connectivity index (χ1v) is 7.85. The molecule has 1 atom stereocenters. The average molecular weight is 292 g/mol. The molecule has 1 unspecified atom stereocenters. The summed E-state index contributed by atoms with van der Waals surface area (Å²) in [5.41, 5.74) is 6.71. The van der Waals surface area contributed by atoms with Crippen molar-refractivity contribution in [1.82, 2.24) is 5.43 Å². The Morgan fingerprint density at radius 1 is 1.33 bits per heavy atom. The fourth-order valence-corrected chi connectivity index (χ4v) is 3.23. The Morgan fingerprint density at radius 3 is 2.67 bits per heavy atom. The molecular formula is C17H28N2O2. The number of nitrogens with one attached hydrogen (secondary N) is 1. The molecule has 1 heterocycles. The fourth-order valence-electron chi connectivity index (χ4n) is 3.23. The molecule has 118 valence electrons. The van der Waals surface area contributed by atoms with Crippen molar-refractivity contribution >= 4 is 0 Å². The first-order valence-electron chi connectivity index (χ1n) is 7.85. The molecule has 21 heavy (non-hydrogen) atoms. The number of hydrogen-bond donors (Lipinski definition) is 2. The Labute approximate surface area is 128 Å². The first-order chi connectivity index (χ1) is 10.1.